The van der Waals surface area contributed by atoms with Crippen LogP contribution < -0.4 is 122 Å². The van der Waals surface area contributed by atoms with Crippen LogP contribution in [0.15, 0.2) is 93.2 Å². The Morgan fingerprint density at radius 3 is 1.17 bits per heavy atom. The zero-order chi connectivity index (χ0) is 79.3. The third kappa shape index (κ3) is 27.0. The van der Waals surface area contributed by atoms with Gasteiger partial charge in [0, 0.05) is 85.3 Å². The van der Waals surface area contributed by atoms with E-state index >= 15 is 0 Å². The van der Waals surface area contributed by atoms with E-state index in [1.807, 2.05) is 12.1 Å². The summed E-state index contributed by atoms with van der Waals surface area (Å²) in [7, 11) is 4.88. The maximum atomic E-state index is 12.8. The number of nitrogens with zero attached hydrogens (tertiary/aromatic N) is 7. The van der Waals surface area contributed by atoms with Crippen LogP contribution in [0.3, 0.4) is 0 Å². The fourth-order valence-electron chi connectivity index (χ4n) is 11.2. The quantitative estimate of drug-likeness (QED) is 0.00567. The van der Waals surface area contributed by atoms with E-state index in [0.717, 1.165) is 22.2 Å². The molecule has 10 amide bonds. The maximum Gasteiger partial charge on any atom is 1.00 e. The van der Waals surface area contributed by atoms with Crippen molar-refractivity contribution in [3.8, 4) is 5.75 Å². The summed E-state index contributed by atoms with van der Waals surface area (Å²) >= 11 is 0. The molecule has 10 rings (SSSR count). The molecule has 4 aromatic carbocycles. The molecule has 41 heteroatoms. The normalized spacial score (nSPS) is 15.2. The van der Waals surface area contributed by atoms with Crippen molar-refractivity contribution < 1.29 is 137 Å². The van der Waals surface area contributed by atoms with Crippen LogP contribution in [0.4, 0.5) is 29.7 Å². The van der Waals surface area contributed by atoms with E-state index in [1.165, 1.54) is 51.7 Å². The third-order valence-electron chi connectivity index (χ3n) is 16.4. The topological polar surface area (TPSA) is 503 Å². The summed E-state index contributed by atoms with van der Waals surface area (Å²) in [5, 5.41) is 27.7. The van der Waals surface area contributed by atoms with Crippen LogP contribution in [0.2, 0.25) is 0 Å². The molecule has 6 heterocycles. The minimum atomic E-state index is -0.930. The number of amides is 10. The van der Waals surface area contributed by atoms with Crippen molar-refractivity contribution >= 4 is 125 Å². The average Bonchev–Trinajstić information content (AvgIpc) is 1.63. The Balaban J connectivity index is 0.000000315. The minimum absolute atomic E-state index is 0. The summed E-state index contributed by atoms with van der Waals surface area (Å²) in [6.45, 7) is 12.8. The van der Waals surface area contributed by atoms with Crippen LogP contribution in [-0.2, 0) is 93.2 Å². The molecule has 7 aromatic rings. The van der Waals surface area contributed by atoms with Crippen molar-refractivity contribution in [2.24, 2.45) is 32.6 Å². The Bertz CT molecular complexity index is 4730. The molecule has 0 aliphatic carbocycles. The first kappa shape index (κ1) is 93.7. The number of hydrogen-bond donors (Lipinski definition) is 9. The van der Waals surface area contributed by atoms with Crippen LogP contribution in [-0.4, -0.2) is 149 Å². The molecule has 3 aliphatic rings. The number of fused-ring (bicyclic) bond motifs is 3. The van der Waals surface area contributed by atoms with Gasteiger partial charge in [-0.05, 0) is 152 Å². The van der Waals surface area contributed by atoms with Gasteiger partial charge in [0.25, 0.3) is 5.69 Å². The molecule has 0 spiro atoms. The molecule has 3 aromatic heterocycles. The van der Waals surface area contributed by atoms with Gasteiger partial charge in [-0.25, -0.2) is 38.4 Å². The largest absolute Gasteiger partial charge is 1.00 e. The van der Waals surface area contributed by atoms with Gasteiger partial charge in [-0.3, -0.25) is 82.2 Å². The molecular weight excluding hydrogens is 1520 g/mol. The van der Waals surface area contributed by atoms with Gasteiger partial charge < -0.3 is 71.1 Å². The van der Waals surface area contributed by atoms with Crippen LogP contribution >= 0.6 is 19.8 Å². The van der Waals surface area contributed by atoms with Crippen molar-refractivity contribution in [2.75, 3.05) is 39.5 Å². The number of hydrogen-bond acceptors (Lipinski definition) is 24. The molecular formula is C70H95KN16O22P2. The van der Waals surface area contributed by atoms with Gasteiger partial charge >= 0.3 is 99.0 Å². The summed E-state index contributed by atoms with van der Waals surface area (Å²) in [5.74, 6) is -2.24. The Morgan fingerprint density at radius 1 is 0.495 bits per heavy atom. The van der Waals surface area contributed by atoms with Crippen LogP contribution in [0.25, 0.3) is 33.1 Å². The first-order valence-corrected chi connectivity index (χ1v) is 34.4. The number of non-ortho nitro benzene ring substituents is 1. The van der Waals surface area contributed by atoms with E-state index in [9.17, 15) is 77.2 Å². The van der Waals surface area contributed by atoms with Crippen LogP contribution in [0, 0.1) is 10.1 Å². The van der Waals surface area contributed by atoms with E-state index in [-0.39, 0.29) is 189 Å². The van der Waals surface area contributed by atoms with E-state index in [4.69, 9.17) is 39.9 Å². The second-order valence-electron chi connectivity index (χ2n) is 26.8. The fourth-order valence-corrected chi connectivity index (χ4v) is 11.2. The number of carbonyl (C=O) groups is 11. The zero-order valence-electron chi connectivity index (χ0n) is 63.5. The van der Waals surface area contributed by atoms with E-state index in [2.05, 4.69) is 37.2 Å². The van der Waals surface area contributed by atoms with Gasteiger partial charge in [-0.15, -0.1) is 0 Å². The molecule has 0 bridgehead atoms. The van der Waals surface area contributed by atoms with E-state index < -0.39 is 82.5 Å². The van der Waals surface area contributed by atoms with Crippen molar-refractivity contribution in [1.29, 1.82) is 0 Å². The van der Waals surface area contributed by atoms with Gasteiger partial charge in [0.1, 0.15) is 35.1 Å². The van der Waals surface area contributed by atoms with Gasteiger partial charge in [0.2, 0.25) is 35.4 Å². The number of benzene rings is 4. The van der Waals surface area contributed by atoms with Crippen molar-refractivity contribution in [3.63, 3.8) is 0 Å². The molecule has 4 unspecified atom stereocenters. The number of imide groups is 3. The second kappa shape index (κ2) is 43.2. The van der Waals surface area contributed by atoms with Gasteiger partial charge in [0.15, 0.2) is 0 Å². The van der Waals surface area contributed by atoms with Crippen molar-refractivity contribution in [3.05, 3.63) is 137 Å². The minimum Gasteiger partial charge on any atom is -0.577 e. The number of rotatable bonds is 21. The third-order valence-corrected chi connectivity index (χ3v) is 16.4. The number of aromatic nitrogens is 6. The predicted octanol–water partition coefficient (Wildman–Crippen LogP) is 1.54. The summed E-state index contributed by atoms with van der Waals surface area (Å²) < 4.78 is 38.5. The molecule has 0 saturated carbocycles. The number of carbonyl (C=O) groups excluding carboxylic acids is 11. The van der Waals surface area contributed by atoms with Crippen LogP contribution in [0.1, 0.15) is 134 Å². The first-order valence-electron chi connectivity index (χ1n) is 34.4. The zero-order valence-corrected chi connectivity index (χ0v) is 69.2. The standard InChI is InChI=1S/C23H31N5O7.C18H23N5O5.C15H20N2O7.C14H16N4O3.K.H3P.H2P/c1-23(2,3)35-21(32)24-10-5-11-34-20(31)25-13-14-6-7-15-17(12-14)27(4)22(33)28(15)16-8-9-18(29)26-19(16)30;1-22-14-9-11(10-20-17(26)28-8-2-7-19)3-4-12(14)23(18(22)27)13-5-6-15(24)21-16(13)25;1-15(2,3)24-13(18)16-9-4-10-22-14(19)23-12-7-5-11(6-8-12)17(20)21;1-17-11-6-8(7-15)2-3-9(11)18(14(17)21)10-4-5-12(19)16-13(10)20;;;/h6-7,12,16H,5,8-11,13H2,1-4H3,(H,24,32)(H,25,31)(H,26,29,30);3-4,9,13H,2,5-8,10,19H2,1H3,(H,20,26)(H,21,24,25);5-8H,4,9-10H2,1-3H3,(H,16,18);2-3,6,10H,4-5,7,15H2,1H3,(H,16,19,20);;1H3;1H2/q;;;;+1;;-1. The molecule has 598 valence electrons. The Hall–Kier alpha value is -9.72. The summed E-state index contributed by atoms with van der Waals surface area (Å²) in [4.78, 5) is 176. The van der Waals surface area contributed by atoms with E-state index in [1.54, 1.807) is 105 Å². The van der Waals surface area contributed by atoms with E-state index in [0.29, 0.717) is 72.9 Å². The van der Waals surface area contributed by atoms with Gasteiger partial charge in [-0.1, -0.05) is 18.2 Å². The number of alkyl carbamates (subject to hydrolysis) is 4. The number of nitrogens with two attached hydrogens (primary N) is 2. The maximum absolute atomic E-state index is 12.8. The predicted molar refractivity (Wildman–Crippen MR) is 407 cm³/mol. The second-order valence-corrected chi connectivity index (χ2v) is 26.8. The molecule has 4 atom stereocenters. The molecule has 111 heavy (non-hydrogen) atoms. The number of piperidine rings is 3. The molecule has 11 N–H and O–H groups in total. The SMILES string of the molecule is CC(C)(C)OC(=O)NCCCOC(=O)Oc1ccc([N+](=O)[O-])cc1.Cn1c(=O)n(C2CCC(=O)NC2=O)c2ccc(CN)cc21.Cn1c(=O)n(C2CCC(=O)NC2=O)c2ccc(CNC(=O)OCCCN)cc21.Cn1c(=O)n(C2CCC(=O)NC2=O)c2ccc(CNC(=O)OCCCNC(=O)OC(C)(C)C)cc21.P.[K+].[PH2-]. The number of ether oxygens (including phenoxy) is 6. The molecule has 3 fully saturated rings. The molecule has 38 nitrogen and oxygen atoms in total. The number of nitro groups is 1. The fraction of sp³-hybridized carbons (Fsp3) is 0.457. The summed E-state index contributed by atoms with van der Waals surface area (Å²) in [6, 6.07) is 18.9. The molecule has 3 aliphatic heterocycles. The smallest absolute Gasteiger partial charge is 0.577 e. The molecule has 3 saturated heterocycles. The Labute approximate surface area is 684 Å². The monoisotopic (exact) mass is 1610 g/mol. The number of nitro benzene ring substituents is 1. The van der Waals surface area contributed by atoms with Gasteiger partial charge in [0.05, 0.1) is 57.8 Å². The van der Waals surface area contributed by atoms with Crippen molar-refractivity contribution in [2.45, 2.75) is 148 Å². The first-order chi connectivity index (χ1) is 51.1. The summed E-state index contributed by atoms with van der Waals surface area (Å²) in [6.07, 6.45) is -0.293. The van der Waals surface area contributed by atoms with Gasteiger partial charge in [-0.2, -0.15) is 9.90 Å². The average molecular weight is 1610 g/mol. The molecule has 0 radical (unpaired) electrons. The Kier molecular flexibility index (Phi) is 36.4. The summed E-state index contributed by atoms with van der Waals surface area (Å²) in [5.41, 5.74) is 15.0. The number of nitrogens with one attached hydrogen (secondary N) is 7. The van der Waals surface area contributed by atoms with Crippen LogP contribution in [0.5, 0.6) is 5.75 Å². The number of aryl methyl sites for hydroxylation is 3. The van der Waals surface area contributed by atoms with Crippen molar-refractivity contribution in [1.82, 2.24) is 64.6 Å². The number of imidazole rings is 3. The Morgan fingerprint density at radius 2 is 0.838 bits per heavy atom.